The Hall–Kier alpha value is -1.41. The van der Waals surface area contributed by atoms with Crippen molar-refractivity contribution in [3.63, 3.8) is 0 Å². The molecule has 15 heavy (non-hydrogen) atoms. The van der Waals surface area contributed by atoms with Gasteiger partial charge in [-0.05, 0) is 13.2 Å². The number of terminal acetylenes is 1. The van der Waals surface area contributed by atoms with Crippen molar-refractivity contribution in [2.45, 2.75) is 12.1 Å². The number of aromatic nitrogens is 2. The van der Waals surface area contributed by atoms with Gasteiger partial charge in [-0.15, -0.1) is 6.42 Å². The Morgan fingerprint density at radius 3 is 3.00 bits per heavy atom. The molecule has 0 radical (unpaired) electrons. The van der Waals surface area contributed by atoms with Crippen LogP contribution < -0.4 is 10.1 Å². The molecule has 0 saturated carbocycles. The van der Waals surface area contributed by atoms with Crippen molar-refractivity contribution in [3.05, 3.63) is 6.07 Å². The van der Waals surface area contributed by atoms with Crippen molar-refractivity contribution in [3.8, 4) is 18.2 Å². The Labute approximate surface area is 93.8 Å². The maximum Gasteiger partial charge on any atom is 0.220 e. The molecular formula is C10H13N3OS. The van der Waals surface area contributed by atoms with E-state index in [0.29, 0.717) is 11.0 Å². The lowest BCUT2D eigenvalue weighted by atomic mass is 10.5. The van der Waals surface area contributed by atoms with Crippen molar-refractivity contribution in [1.82, 2.24) is 9.97 Å². The number of thioether (sulfide) groups is 1. The summed E-state index contributed by atoms with van der Waals surface area (Å²) in [7, 11) is 0. The lowest BCUT2D eigenvalue weighted by Gasteiger charge is -2.07. The van der Waals surface area contributed by atoms with Crippen molar-refractivity contribution < 1.29 is 4.74 Å². The van der Waals surface area contributed by atoms with Crippen LogP contribution in [0.25, 0.3) is 0 Å². The standard InChI is InChI=1S/C10H13N3OS/c1-4-6-14-9-7-8(11-5-2)12-10(13-9)15-3/h1,7H,5-6H2,2-3H3,(H,11,12,13). The molecule has 0 fully saturated rings. The Kier molecular flexibility index (Phi) is 4.78. The Morgan fingerprint density at radius 1 is 1.60 bits per heavy atom. The van der Waals surface area contributed by atoms with E-state index in [1.54, 1.807) is 6.07 Å². The molecular weight excluding hydrogens is 210 g/mol. The first-order valence-electron chi connectivity index (χ1n) is 4.53. The molecule has 0 bridgehead atoms. The molecule has 1 aromatic heterocycles. The molecule has 0 spiro atoms. The zero-order valence-electron chi connectivity index (χ0n) is 8.78. The first-order chi connectivity index (χ1) is 7.30. The fourth-order valence-corrected chi connectivity index (χ4v) is 1.33. The molecule has 0 aromatic carbocycles. The number of hydrogen-bond acceptors (Lipinski definition) is 5. The summed E-state index contributed by atoms with van der Waals surface area (Å²) in [4.78, 5) is 8.42. The van der Waals surface area contributed by atoms with E-state index < -0.39 is 0 Å². The number of hydrogen-bond donors (Lipinski definition) is 1. The fraction of sp³-hybridized carbons (Fsp3) is 0.400. The van der Waals surface area contributed by atoms with Gasteiger partial charge in [-0.25, -0.2) is 4.98 Å². The molecule has 0 amide bonds. The molecule has 1 N–H and O–H groups in total. The maximum atomic E-state index is 5.24. The van der Waals surface area contributed by atoms with Crippen LogP contribution in [0.3, 0.4) is 0 Å². The highest BCUT2D eigenvalue weighted by Gasteiger charge is 2.03. The predicted octanol–water partition coefficient (Wildman–Crippen LogP) is 1.64. The van der Waals surface area contributed by atoms with Crippen LogP contribution in [0.4, 0.5) is 5.82 Å². The van der Waals surface area contributed by atoms with Crippen LogP contribution in [0, 0.1) is 12.3 Å². The van der Waals surface area contributed by atoms with E-state index in [1.807, 2.05) is 13.2 Å². The van der Waals surface area contributed by atoms with Crippen LogP contribution in [0.2, 0.25) is 0 Å². The van der Waals surface area contributed by atoms with E-state index in [4.69, 9.17) is 11.2 Å². The smallest absolute Gasteiger partial charge is 0.220 e. The third-order valence-corrected chi connectivity index (χ3v) is 2.07. The Morgan fingerprint density at radius 2 is 2.40 bits per heavy atom. The van der Waals surface area contributed by atoms with Crippen molar-refractivity contribution in [1.29, 1.82) is 0 Å². The summed E-state index contributed by atoms with van der Waals surface area (Å²) in [5, 5.41) is 3.77. The highest BCUT2D eigenvalue weighted by molar-refractivity contribution is 7.98. The Bertz CT molecular complexity index is 362. The van der Waals surface area contributed by atoms with Crippen LogP contribution in [-0.4, -0.2) is 29.4 Å². The van der Waals surface area contributed by atoms with E-state index in [9.17, 15) is 0 Å². The van der Waals surface area contributed by atoms with E-state index in [-0.39, 0.29) is 6.61 Å². The number of rotatable bonds is 5. The number of anilines is 1. The van der Waals surface area contributed by atoms with Gasteiger partial charge in [0.1, 0.15) is 5.82 Å². The minimum atomic E-state index is 0.219. The number of nitrogens with one attached hydrogen (secondary N) is 1. The molecule has 0 unspecified atom stereocenters. The summed E-state index contributed by atoms with van der Waals surface area (Å²) in [5.74, 6) is 3.65. The topological polar surface area (TPSA) is 47.0 Å². The van der Waals surface area contributed by atoms with Gasteiger partial charge in [0.05, 0.1) is 0 Å². The lowest BCUT2D eigenvalue weighted by Crippen LogP contribution is -2.03. The second-order valence-electron chi connectivity index (χ2n) is 2.60. The molecule has 0 aliphatic heterocycles. The molecule has 5 heteroatoms. The monoisotopic (exact) mass is 223 g/mol. The zero-order valence-corrected chi connectivity index (χ0v) is 9.60. The quantitative estimate of drug-likeness (QED) is 0.467. The summed E-state index contributed by atoms with van der Waals surface area (Å²) >= 11 is 1.46. The van der Waals surface area contributed by atoms with E-state index in [0.717, 1.165) is 12.4 Å². The third-order valence-electron chi connectivity index (χ3n) is 1.53. The van der Waals surface area contributed by atoms with Gasteiger partial charge in [0, 0.05) is 12.6 Å². The van der Waals surface area contributed by atoms with Crippen LogP contribution >= 0.6 is 11.8 Å². The SMILES string of the molecule is C#CCOc1cc(NCC)nc(SC)n1. The zero-order chi connectivity index (χ0) is 11.1. The number of ether oxygens (including phenoxy) is 1. The second-order valence-corrected chi connectivity index (χ2v) is 3.37. The van der Waals surface area contributed by atoms with Gasteiger partial charge in [0.15, 0.2) is 11.8 Å². The Balaban J connectivity index is 2.85. The van der Waals surface area contributed by atoms with Gasteiger partial charge in [0.2, 0.25) is 5.88 Å². The largest absolute Gasteiger partial charge is 0.464 e. The molecule has 1 rings (SSSR count). The van der Waals surface area contributed by atoms with Crippen molar-refractivity contribution in [2.75, 3.05) is 24.7 Å². The molecule has 80 valence electrons. The fourth-order valence-electron chi connectivity index (χ4n) is 0.956. The van der Waals surface area contributed by atoms with Crippen molar-refractivity contribution >= 4 is 17.6 Å². The van der Waals surface area contributed by atoms with Crippen molar-refractivity contribution in [2.24, 2.45) is 0 Å². The lowest BCUT2D eigenvalue weighted by molar-refractivity contribution is 0.351. The maximum absolute atomic E-state index is 5.24. The van der Waals surface area contributed by atoms with Crippen LogP contribution in [0.15, 0.2) is 11.2 Å². The summed E-state index contributed by atoms with van der Waals surface area (Å²) in [6.45, 7) is 3.03. The summed E-state index contributed by atoms with van der Waals surface area (Å²) in [5.41, 5.74) is 0. The minimum Gasteiger partial charge on any atom is -0.464 e. The van der Waals surface area contributed by atoms with Crippen LogP contribution in [0.5, 0.6) is 5.88 Å². The molecule has 0 aliphatic carbocycles. The highest BCUT2D eigenvalue weighted by Crippen LogP contribution is 2.18. The first kappa shape index (κ1) is 11.7. The molecule has 0 atom stereocenters. The molecule has 1 heterocycles. The third kappa shape index (κ3) is 3.68. The summed E-state index contributed by atoms with van der Waals surface area (Å²) in [6, 6.07) is 1.74. The predicted molar refractivity (Wildman–Crippen MR) is 62.3 cm³/mol. The van der Waals surface area contributed by atoms with Crippen LogP contribution in [0.1, 0.15) is 6.92 Å². The summed E-state index contributed by atoms with van der Waals surface area (Å²) in [6.07, 6.45) is 7.02. The average Bonchev–Trinajstić information content (AvgIpc) is 2.26. The van der Waals surface area contributed by atoms with Gasteiger partial charge >= 0.3 is 0 Å². The summed E-state index contributed by atoms with van der Waals surface area (Å²) < 4.78 is 5.24. The molecule has 1 aromatic rings. The number of nitrogens with zero attached hydrogens (tertiary/aromatic N) is 2. The normalized spacial score (nSPS) is 9.40. The van der Waals surface area contributed by atoms with Gasteiger partial charge < -0.3 is 10.1 Å². The van der Waals surface area contributed by atoms with E-state index in [2.05, 4.69) is 21.2 Å². The van der Waals surface area contributed by atoms with E-state index in [1.165, 1.54) is 11.8 Å². The minimum absolute atomic E-state index is 0.219. The highest BCUT2D eigenvalue weighted by atomic mass is 32.2. The first-order valence-corrected chi connectivity index (χ1v) is 5.75. The average molecular weight is 223 g/mol. The van der Waals surface area contributed by atoms with Gasteiger partial charge in [0.25, 0.3) is 0 Å². The molecule has 0 saturated heterocycles. The second kappa shape index (κ2) is 6.14. The van der Waals surface area contributed by atoms with E-state index >= 15 is 0 Å². The van der Waals surface area contributed by atoms with Crippen LogP contribution in [-0.2, 0) is 0 Å². The molecule has 0 aliphatic rings. The van der Waals surface area contributed by atoms with Gasteiger partial charge in [-0.1, -0.05) is 17.7 Å². The van der Waals surface area contributed by atoms with Gasteiger partial charge in [-0.3, -0.25) is 0 Å². The van der Waals surface area contributed by atoms with Gasteiger partial charge in [-0.2, -0.15) is 4.98 Å². The molecule has 4 nitrogen and oxygen atoms in total.